The van der Waals surface area contributed by atoms with E-state index in [1.807, 2.05) is 25.3 Å². The number of nitrogens with zero attached hydrogens (tertiary/aromatic N) is 6. The number of aryl methyl sites for hydroxylation is 1. The van der Waals surface area contributed by atoms with Crippen LogP contribution >= 0.6 is 0 Å². The zero-order chi connectivity index (χ0) is 17.8. The number of morpholine rings is 1. The summed E-state index contributed by atoms with van der Waals surface area (Å²) < 4.78 is 5.42. The second-order valence-corrected chi connectivity index (χ2v) is 6.77. The minimum Gasteiger partial charge on any atom is -0.378 e. The van der Waals surface area contributed by atoms with Crippen LogP contribution < -0.4 is 15.1 Å². The Morgan fingerprint density at radius 3 is 2.73 bits per heavy atom. The van der Waals surface area contributed by atoms with Crippen molar-refractivity contribution >= 4 is 17.7 Å². The molecule has 8 nitrogen and oxygen atoms in total. The number of nitrogens with one attached hydrogen (secondary N) is 1. The van der Waals surface area contributed by atoms with E-state index in [0.717, 1.165) is 69.7 Å². The molecule has 0 aliphatic carbocycles. The van der Waals surface area contributed by atoms with Gasteiger partial charge in [0.1, 0.15) is 5.82 Å². The molecule has 1 N–H and O–H groups in total. The van der Waals surface area contributed by atoms with Gasteiger partial charge in [0.05, 0.1) is 13.2 Å². The predicted molar refractivity (Wildman–Crippen MR) is 101 cm³/mol. The lowest BCUT2D eigenvalue weighted by Gasteiger charge is -2.34. The number of hydrogen-bond acceptors (Lipinski definition) is 8. The van der Waals surface area contributed by atoms with Crippen molar-refractivity contribution in [3.63, 3.8) is 0 Å². The second kappa shape index (κ2) is 7.82. The van der Waals surface area contributed by atoms with Crippen LogP contribution in [0.1, 0.15) is 18.5 Å². The Morgan fingerprint density at radius 2 is 1.88 bits per heavy atom. The summed E-state index contributed by atoms with van der Waals surface area (Å²) >= 11 is 0. The number of hydrogen-bond donors (Lipinski definition) is 1. The lowest BCUT2D eigenvalue weighted by molar-refractivity contribution is 0.122. The standard InChI is InChI=1S/C18H25N7O/c1-14-4-6-19-17(21-14)22-15-3-2-8-25(13-15)16-5-7-20-18(23-16)24-9-11-26-12-10-24/h4-7,15H,2-3,8-13H2,1H3,(H,19,21,22). The molecule has 0 bridgehead atoms. The van der Waals surface area contributed by atoms with Crippen LogP contribution in [0.2, 0.25) is 0 Å². The van der Waals surface area contributed by atoms with Gasteiger partial charge in [-0.05, 0) is 31.9 Å². The van der Waals surface area contributed by atoms with Crippen LogP contribution in [0.4, 0.5) is 17.7 Å². The average Bonchev–Trinajstić information content (AvgIpc) is 2.69. The molecule has 2 saturated heterocycles. The molecular formula is C18H25N7O. The zero-order valence-corrected chi connectivity index (χ0v) is 15.1. The number of ether oxygens (including phenoxy) is 1. The number of aromatic nitrogens is 4. The third-order valence-corrected chi connectivity index (χ3v) is 4.80. The monoisotopic (exact) mass is 355 g/mol. The van der Waals surface area contributed by atoms with Gasteiger partial charge in [-0.25, -0.2) is 15.0 Å². The second-order valence-electron chi connectivity index (χ2n) is 6.77. The van der Waals surface area contributed by atoms with Gasteiger partial charge in [-0.3, -0.25) is 0 Å². The van der Waals surface area contributed by atoms with E-state index in [1.54, 1.807) is 6.20 Å². The molecule has 2 aliphatic heterocycles. The molecule has 0 aromatic carbocycles. The van der Waals surface area contributed by atoms with Crippen molar-refractivity contribution in [3.8, 4) is 0 Å². The van der Waals surface area contributed by atoms with Crippen molar-refractivity contribution in [2.75, 3.05) is 54.5 Å². The van der Waals surface area contributed by atoms with E-state index in [-0.39, 0.29) is 0 Å². The summed E-state index contributed by atoms with van der Waals surface area (Å²) in [5, 5.41) is 3.47. The van der Waals surface area contributed by atoms with E-state index in [0.29, 0.717) is 12.0 Å². The van der Waals surface area contributed by atoms with Gasteiger partial charge in [-0.1, -0.05) is 0 Å². The van der Waals surface area contributed by atoms with Crippen LogP contribution in [0.3, 0.4) is 0 Å². The summed E-state index contributed by atoms with van der Waals surface area (Å²) in [6, 6.07) is 4.22. The van der Waals surface area contributed by atoms with Crippen LogP contribution in [0.5, 0.6) is 0 Å². The maximum Gasteiger partial charge on any atom is 0.227 e. The molecule has 2 aromatic rings. The highest BCUT2D eigenvalue weighted by Gasteiger charge is 2.23. The van der Waals surface area contributed by atoms with Crippen molar-refractivity contribution in [2.45, 2.75) is 25.8 Å². The molecule has 2 aliphatic rings. The summed E-state index contributed by atoms with van der Waals surface area (Å²) in [4.78, 5) is 22.5. The van der Waals surface area contributed by atoms with E-state index < -0.39 is 0 Å². The molecule has 1 atom stereocenters. The van der Waals surface area contributed by atoms with Gasteiger partial charge in [-0.15, -0.1) is 0 Å². The number of anilines is 3. The van der Waals surface area contributed by atoms with Gasteiger partial charge in [0.25, 0.3) is 0 Å². The van der Waals surface area contributed by atoms with E-state index in [2.05, 4.69) is 30.1 Å². The molecule has 8 heteroatoms. The SMILES string of the molecule is Cc1ccnc(NC2CCCN(c3ccnc(N4CCOCC4)n3)C2)n1. The van der Waals surface area contributed by atoms with Gasteiger partial charge in [0.15, 0.2) is 0 Å². The van der Waals surface area contributed by atoms with E-state index >= 15 is 0 Å². The fourth-order valence-electron chi connectivity index (χ4n) is 3.44. The highest BCUT2D eigenvalue weighted by Crippen LogP contribution is 2.21. The molecule has 0 saturated carbocycles. The van der Waals surface area contributed by atoms with Gasteiger partial charge < -0.3 is 19.9 Å². The molecule has 0 radical (unpaired) electrons. The van der Waals surface area contributed by atoms with Crippen LogP contribution in [0.15, 0.2) is 24.5 Å². The van der Waals surface area contributed by atoms with Gasteiger partial charge >= 0.3 is 0 Å². The normalized spacial score (nSPS) is 20.9. The Hall–Kier alpha value is -2.48. The Bertz CT molecular complexity index is 735. The summed E-state index contributed by atoms with van der Waals surface area (Å²) in [6.45, 7) is 7.04. The quantitative estimate of drug-likeness (QED) is 0.884. The van der Waals surface area contributed by atoms with Crippen molar-refractivity contribution in [1.82, 2.24) is 19.9 Å². The average molecular weight is 355 g/mol. The Kier molecular flexibility index (Phi) is 5.10. The highest BCUT2D eigenvalue weighted by atomic mass is 16.5. The first kappa shape index (κ1) is 17.0. The fraction of sp³-hybridized carbons (Fsp3) is 0.556. The summed E-state index contributed by atoms with van der Waals surface area (Å²) in [5.74, 6) is 2.48. The zero-order valence-electron chi connectivity index (χ0n) is 15.1. The maximum absolute atomic E-state index is 5.42. The van der Waals surface area contributed by atoms with Crippen LogP contribution in [0.25, 0.3) is 0 Å². The fourth-order valence-corrected chi connectivity index (χ4v) is 3.44. The van der Waals surface area contributed by atoms with E-state index in [1.165, 1.54) is 0 Å². The predicted octanol–water partition coefficient (Wildman–Crippen LogP) is 1.49. The van der Waals surface area contributed by atoms with Crippen molar-refractivity contribution in [3.05, 3.63) is 30.2 Å². The maximum atomic E-state index is 5.42. The molecule has 4 heterocycles. The lowest BCUT2D eigenvalue weighted by atomic mass is 10.1. The van der Waals surface area contributed by atoms with Crippen LogP contribution in [-0.2, 0) is 4.74 Å². The first-order valence-corrected chi connectivity index (χ1v) is 9.25. The minimum atomic E-state index is 0.312. The van der Waals surface area contributed by atoms with Crippen LogP contribution in [0, 0.1) is 6.92 Å². The molecule has 2 fully saturated rings. The molecule has 0 spiro atoms. The molecule has 2 aromatic heterocycles. The summed E-state index contributed by atoms with van der Waals surface area (Å²) in [5.41, 5.74) is 0.973. The third-order valence-electron chi connectivity index (χ3n) is 4.80. The highest BCUT2D eigenvalue weighted by molar-refractivity contribution is 5.45. The van der Waals surface area contributed by atoms with E-state index in [9.17, 15) is 0 Å². The third kappa shape index (κ3) is 4.01. The number of piperidine rings is 1. The smallest absolute Gasteiger partial charge is 0.227 e. The minimum absolute atomic E-state index is 0.312. The molecule has 138 valence electrons. The van der Waals surface area contributed by atoms with Crippen molar-refractivity contribution in [2.24, 2.45) is 0 Å². The van der Waals surface area contributed by atoms with Crippen molar-refractivity contribution in [1.29, 1.82) is 0 Å². The van der Waals surface area contributed by atoms with Crippen molar-refractivity contribution < 1.29 is 4.74 Å². The molecule has 1 unspecified atom stereocenters. The first-order valence-electron chi connectivity index (χ1n) is 9.25. The Balaban J connectivity index is 1.44. The number of rotatable bonds is 4. The van der Waals surface area contributed by atoms with Gasteiger partial charge in [0.2, 0.25) is 11.9 Å². The summed E-state index contributed by atoms with van der Waals surface area (Å²) in [7, 11) is 0. The largest absolute Gasteiger partial charge is 0.378 e. The Morgan fingerprint density at radius 1 is 1.04 bits per heavy atom. The van der Waals surface area contributed by atoms with Crippen LogP contribution in [-0.4, -0.2) is 65.4 Å². The summed E-state index contributed by atoms with van der Waals surface area (Å²) in [6.07, 6.45) is 5.87. The Labute approximate surface area is 153 Å². The van der Waals surface area contributed by atoms with E-state index in [4.69, 9.17) is 9.72 Å². The lowest BCUT2D eigenvalue weighted by Crippen LogP contribution is -2.43. The molecular weight excluding hydrogens is 330 g/mol. The van der Waals surface area contributed by atoms with Gasteiger partial charge in [-0.2, -0.15) is 4.98 Å². The topological polar surface area (TPSA) is 79.3 Å². The first-order chi connectivity index (χ1) is 12.8. The molecule has 0 amide bonds. The molecule has 26 heavy (non-hydrogen) atoms. The molecule has 4 rings (SSSR count). The van der Waals surface area contributed by atoms with Gasteiger partial charge in [0, 0.05) is 50.3 Å².